The van der Waals surface area contributed by atoms with Gasteiger partial charge < -0.3 is 15.3 Å². The minimum atomic E-state index is -0.913. The molecule has 1 aliphatic heterocycles. The molecule has 2 atom stereocenters. The third-order valence-corrected chi connectivity index (χ3v) is 4.39. The number of nitrogens with zero attached hydrogens (tertiary/aromatic N) is 1. The third-order valence-electron chi connectivity index (χ3n) is 4.39. The van der Waals surface area contributed by atoms with Crippen molar-refractivity contribution in [3.05, 3.63) is 0 Å². The van der Waals surface area contributed by atoms with E-state index >= 15 is 0 Å². The van der Waals surface area contributed by atoms with Crippen LogP contribution in [-0.2, 0) is 9.59 Å². The summed E-state index contributed by atoms with van der Waals surface area (Å²) in [5.41, 5.74) is 0. The van der Waals surface area contributed by atoms with Crippen molar-refractivity contribution in [3.63, 3.8) is 0 Å². The van der Waals surface area contributed by atoms with Crippen LogP contribution < -0.4 is 5.32 Å². The molecule has 0 radical (unpaired) electrons. The van der Waals surface area contributed by atoms with E-state index < -0.39 is 5.97 Å². The zero-order valence-corrected chi connectivity index (χ0v) is 11.6. The van der Waals surface area contributed by atoms with Gasteiger partial charge in [-0.2, -0.15) is 0 Å². The Kier molecular flexibility index (Phi) is 4.80. The van der Waals surface area contributed by atoms with Gasteiger partial charge in [-0.25, -0.2) is 0 Å². The smallest absolute Gasteiger partial charge is 0.323 e. The number of piperidine rings is 1. The van der Waals surface area contributed by atoms with Crippen LogP contribution in [0, 0.1) is 5.92 Å². The number of aliphatic carboxylic acids is 1. The summed E-state index contributed by atoms with van der Waals surface area (Å²) < 4.78 is 0. The fraction of sp³-hybridized carbons (Fsp3) is 0.857. The van der Waals surface area contributed by atoms with E-state index in [1.54, 1.807) is 4.90 Å². The molecular weight excluding hydrogens is 244 g/mol. The molecule has 1 saturated heterocycles. The van der Waals surface area contributed by atoms with E-state index in [1.807, 2.05) is 0 Å². The first-order chi connectivity index (χ1) is 9.09. The van der Waals surface area contributed by atoms with Crippen molar-refractivity contribution in [2.45, 2.75) is 57.5 Å². The molecule has 2 fully saturated rings. The van der Waals surface area contributed by atoms with E-state index in [-0.39, 0.29) is 24.5 Å². The Labute approximate surface area is 114 Å². The Balaban J connectivity index is 2.07. The second-order valence-electron chi connectivity index (χ2n) is 5.85. The number of nitrogens with one attached hydrogen (secondary N) is 1. The van der Waals surface area contributed by atoms with Crippen molar-refractivity contribution in [2.75, 3.05) is 13.1 Å². The highest BCUT2D eigenvalue weighted by Gasteiger charge is 2.35. The number of amides is 1. The van der Waals surface area contributed by atoms with Crippen LogP contribution in [-0.4, -0.2) is 47.1 Å². The van der Waals surface area contributed by atoms with Crippen molar-refractivity contribution in [3.8, 4) is 0 Å². The van der Waals surface area contributed by atoms with Gasteiger partial charge in [-0.15, -0.1) is 0 Å². The molecule has 5 nitrogen and oxygen atoms in total. The van der Waals surface area contributed by atoms with Crippen LogP contribution in [0.2, 0.25) is 0 Å². The van der Waals surface area contributed by atoms with Crippen molar-refractivity contribution in [1.82, 2.24) is 10.2 Å². The van der Waals surface area contributed by atoms with Crippen molar-refractivity contribution in [1.29, 1.82) is 0 Å². The SMILES string of the molecule is CC1CCCNC1C(=O)N(CC(=O)O)C1CCCC1. The molecule has 1 amide bonds. The molecule has 0 spiro atoms. The van der Waals surface area contributed by atoms with Gasteiger partial charge in [0.05, 0.1) is 6.04 Å². The minimum absolute atomic E-state index is 0.0125. The maximum atomic E-state index is 12.6. The second-order valence-corrected chi connectivity index (χ2v) is 5.85. The number of hydrogen-bond donors (Lipinski definition) is 2. The summed E-state index contributed by atoms with van der Waals surface area (Å²) in [6, 6.07) is -0.0757. The van der Waals surface area contributed by atoms with E-state index in [1.165, 1.54) is 0 Å². The lowest BCUT2D eigenvalue weighted by atomic mass is 9.91. The molecule has 0 aromatic carbocycles. The number of carbonyl (C=O) groups excluding carboxylic acids is 1. The molecule has 19 heavy (non-hydrogen) atoms. The molecule has 1 saturated carbocycles. The van der Waals surface area contributed by atoms with E-state index in [4.69, 9.17) is 5.11 Å². The standard InChI is InChI=1S/C14H24N2O3/c1-10-5-4-8-15-13(10)14(19)16(9-12(17)18)11-6-2-3-7-11/h10-11,13,15H,2-9H2,1H3,(H,17,18). The highest BCUT2D eigenvalue weighted by Crippen LogP contribution is 2.26. The topological polar surface area (TPSA) is 69.6 Å². The number of carbonyl (C=O) groups is 2. The monoisotopic (exact) mass is 268 g/mol. The Morgan fingerprint density at radius 2 is 1.89 bits per heavy atom. The second kappa shape index (κ2) is 6.37. The molecule has 0 aromatic rings. The average Bonchev–Trinajstić information content (AvgIpc) is 2.89. The van der Waals surface area contributed by atoms with Gasteiger partial charge in [-0.05, 0) is 38.1 Å². The molecule has 1 heterocycles. The Morgan fingerprint density at radius 3 is 2.47 bits per heavy atom. The van der Waals surface area contributed by atoms with Gasteiger partial charge in [0.15, 0.2) is 0 Å². The van der Waals surface area contributed by atoms with Crippen LogP contribution >= 0.6 is 0 Å². The van der Waals surface area contributed by atoms with Crippen LogP contribution in [0.5, 0.6) is 0 Å². The van der Waals surface area contributed by atoms with Gasteiger partial charge >= 0.3 is 5.97 Å². The molecule has 2 N–H and O–H groups in total. The fourth-order valence-corrected chi connectivity index (χ4v) is 3.31. The highest BCUT2D eigenvalue weighted by atomic mass is 16.4. The molecule has 2 aliphatic rings. The minimum Gasteiger partial charge on any atom is -0.480 e. The van der Waals surface area contributed by atoms with Crippen LogP contribution in [0.1, 0.15) is 45.4 Å². The number of carboxylic acid groups (broad SMARTS) is 1. The molecule has 5 heteroatoms. The van der Waals surface area contributed by atoms with E-state index in [0.717, 1.165) is 45.1 Å². The van der Waals surface area contributed by atoms with Gasteiger partial charge in [0.1, 0.15) is 6.54 Å². The molecular formula is C14H24N2O3. The molecule has 1 aliphatic carbocycles. The Hall–Kier alpha value is -1.10. The number of rotatable bonds is 4. The number of carboxylic acids is 1. The largest absolute Gasteiger partial charge is 0.480 e. The average molecular weight is 268 g/mol. The summed E-state index contributed by atoms with van der Waals surface area (Å²) in [7, 11) is 0. The summed E-state index contributed by atoms with van der Waals surface area (Å²) >= 11 is 0. The first kappa shape index (κ1) is 14.3. The van der Waals surface area contributed by atoms with Crippen molar-refractivity contribution in [2.24, 2.45) is 5.92 Å². The summed E-state index contributed by atoms with van der Waals surface area (Å²) in [4.78, 5) is 25.3. The zero-order chi connectivity index (χ0) is 13.8. The molecule has 108 valence electrons. The highest BCUT2D eigenvalue weighted by molar-refractivity contribution is 5.86. The van der Waals surface area contributed by atoms with Gasteiger partial charge in [-0.1, -0.05) is 19.8 Å². The summed E-state index contributed by atoms with van der Waals surface area (Å²) in [5.74, 6) is -0.635. The maximum absolute atomic E-state index is 12.6. The normalized spacial score (nSPS) is 28.3. The van der Waals surface area contributed by atoms with Gasteiger partial charge in [-0.3, -0.25) is 9.59 Å². The predicted molar refractivity (Wildman–Crippen MR) is 71.8 cm³/mol. The van der Waals surface area contributed by atoms with Crippen LogP contribution in [0.15, 0.2) is 0 Å². The van der Waals surface area contributed by atoms with E-state index in [2.05, 4.69) is 12.2 Å². The zero-order valence-electron chi connectivity index (χ0n) is 11.6. The third kappa shape index (κ3) is 3.47. The number of hydrogen-bond acceptors (Lipinski definition) is 3. The van der Waals surface area contributed by atoms with Crippen molar-refractivity contribution < 1.29 is 14.7 Å². The van der Waals surface area contributed by atoms with Crippen molar-refractivity contribution >= 4 is 11.9 Å². The van der Waals surface area contributed by atoms with E-state index in [9.17, 15) is 9.59 Å². The Bertz CT molecular complexity index is 340. The summed E-state index contributed by atoms with van der Waals surface area (Å²) in [6.45, 7) is 2.77. The van der Waals surface area contributed by atoms with Crippen LogP contribution in [0.3, 0.4) is 0 Å². The van der Waals surface area contributed by atoms with Gasteiger partial charge in [0, 0.05) is 6.04 Å². The predicted octanol–water partition coefficient (Wildman–Crippen LogP) is 1.23. The van der Waals surface area contributed by atoms with Gasteiger partial charge in [0.2, 0.25) is 5.91 Å². The quantitative estimate of drug-likeness (QED) is 0.804. The first-order valence-corrected chi connectivity index (χ1v) is 7.35. The lowest BCUT2D eigenvalue weighted by Gasteiger charge is -2.36. The first-order valence-electron chi connectivity index (χ1n) is 7.35. The van der Waals surface area contributed by atoms with E-state index in [0.29, 0.717) is 5.92 Å². The molecule has 0 aromatic heterocycles. The van der Waals surface area contributed by atoms with Crippen LogP contribution in [0.4, 0.5) is 0 Å². The molecule has 2 unspecified atom stereocenters. The summed E-state index contributed by atoms with van der Waals surface area (Å²) in [5, 5.41) is 12.3. The maximum Gasteiger partial charge on any atom is 0.323 e. The van der Waals surface area contributed by atoms with Crippen LogP contribution in [0.25, 0.3) is 0 Å². The molecule has 0 bridgehead atoms. The lowest BCUT2D eigenvalue weighted by molar-refractivity contribution is -0.148. The lowest BCUT2D eigenvalue weighted by Crippen LogP contribution is -2.55. The van der Waals surface area contributed by atoms with Gasteiger partial charge in [0.25, 0.3) is 0 Å². The fourth-order valence-electron chi connectivity index (χ4n) is 3.31. The molecule has 2 rings (SSSR count). The summed E-state index contributed by atoms with van der Waals surface area (Å²) in [6.07, 6.45) is 6.21. The Morgan fingerprint density at radius 1 is 1.21 bits per heavy atom.